The fourth-order valence-electron chi connectivity index (χ4n) is 4.34. The lowest BCUT2D eigenvalue weighted by atomic mass is 9.98. The van der Waals surface area contributed by atoms with Gasteiger partial charge in [-0.2, -0.15) is 0 Å². The van der Waals surface area contributed by atoms with Gasteiger partial charge in [0.2, 0.25) is 5.95 Å². The Hall–Kier alpha value is -1.69. The zero-order chi connectivity index (χ0) is 18.7. The van der Waals surface area contributed by atoms with Gasteiger partial charge < -0.3 is 14.7 Å². The lowest BCUT2D eigenvalue weighted by Gasteiger charge is -2.27. The van der Waals surface area contributed by atoms with Crippen LogP contribution in [0, 0.1) is 12.8 Å². The number of aryl methyl sites for hydroxylation is 1. The van der Waals surface area contributed by atoms with Gasteiger partial charge in [-0.25, -0.2) is 9.97 Å². The molecule has 2 aliphatic rings. The zero-order valence-electron chi connectivity index (χ0n) is 16.7. The molecule has 0 saturated carbocycles. The standard InChI is InChI=1S/C20H33N5O/c1-5-9-16-13-25(14-18(16)23(3)4)19(26)17-12-21-20(22-15(17)2)24-10-7-6-8-11-24/h12,16,18H,5-11,13-14H2,1-4H3/t16-,18-/m1/s1. The van der Waals surface area contributed by atoms with Crippen LogP contribution in [0.5, 0.6) is 0 Å². The third-order valence-electron chi connectivity index (χ3n) is 5.85. The van der Waals surface area contributed by atoms with Crippen molar-refractivity contribution in [1.82, 2.24) is 19.8 Å². The summed E-state index contributed by atoms with van der Waals surface area (Å²) < 4.78 is 0. The third-order valence-corrected chi connectivity index (χ3v) is 5.85. The molecule has 6 nitrogen and oxygen atoms in total. The Bertz CT molecular complexity index is 627. The number of hydrogen-bond donors (Lipinski definition) is 0. The van der Waals surface area contributed by atoms with Crippen LogP contribution in [0.2, 0.25) is 0 Å². The average molecular weight is 360 g/mol. The lowest BCUT2D eigenvalue weighted by Crippen LogP contribution is -2.36. The maximum absolute atomic E-state index is 13.1. The van der Waals surface area contributed by atoms with Crippen LogP contribution >= 0.6 is 0 Å². The van der Waals surface area contributed by atoms with Crippen LogP contribution in [-0.4, -0.2) is 72.0 Å². The van der Waals surface area contributed by atoms with E-state index < -0.39 is 0 Å². The van der Waals surface area contributed by atoms with E-state index in [1.165, 1.54) is 19.3 Å². The maximum Gasteiger partial charge on any atom is 0.257 e. The van der Waals surface area contributed by atoms with Gasteiger partial charge >= 0.3 is 0 Å². The molecule has 0 aliphatic carbocycles. The summed E-state index contributed by atoms with van der Waals surface area (Å²) in [7, 11) is 4.23. The first-order valence-corrected chi connectivity index (χ1v) is 10.1. The van der Waals surface area contributed by atoms with Gasteiger partial charge in [-0.1, -0.05) is 13.3 Å². The summed E-state index contributed by atoms with van der Waals surface area (Å²) in [6.07, 6.45) is 7.74. The van der Waals surface area contributed by atoms with E-state index in [4.69, 9.17) is 0 Å². The molecule has 0 unspecified atom stereocenters. The van der Waals surface area contributed by atoms with E-state index in [1.54, 1.807) is 6.20 Å². The van der Waals surface area contributed by atoms with E-state index in [-0.39, 0.29) is 5.91 Å². The molecule has 6 heteroatoms. The molecule has 144 valence electrons. The Morgan fingerprint density at radius 3 is 2.58 bits per heavy atom. The van der Waals surface area contributed by atoms with Gasteiger partial charge in [0.15, 0.2) is 0 Å². The van der Waals surface area contributed by atoms with Crippen molar-refractivity contribution in [1.29, 1.82) is 0 Å². The molecule has 3 heterocycles. The van der Waals surface area contributed by atoms with E-state index in [9.17, 15) is 4.79 Å². The quantitative estimate of drug-likeness (QED) is 0.809. The van der Waals surface area contributed by atoms with Crippen LogP contribution in [0.25, 0.3) is 0 Å². The second-order valence-electron chi connectivity index (χ2n) is 8.01. The van der Waals surface area contributed by atoms with E-state index in [1.807, 2.05) is 11.8 Å². The molecule has 1 aromatic rings. The van der Waals surface area contributed by atoms with E-state index in [0.29, 0.717) is 17.5 Å². The van der Waals surface area contributed by atoms with Crippen LogP contribution in [0.3, 0.4) is 0 Å². The van der Waals surface area contributed by atoms with Gasteiger partial charge in [-0.05, 0) is 52.6 Å². The Kier molecular flexibility index (Phi) is 6.12. The first kappa shape index (κ1) is 19.1. The lowest BCUT2D eigenvalue weighted by molar-refractivity contribution is 0.0779. The van der Waals surface area contributed by atoms with Gasteiger partial charge in [0.05, 0.1) is 11.3 Å². The second-order valence-corrected chi connectivity index (χ2v) is 8.01. The molecule has 1 aromatic heterocycles. The highest BCUT2D eigenvalue weighted by atomic mass is 16.2. The highest BCUT2D eigenvalue weighted by Crippen LogP contribution is 2.27. The normalized spacial score (nSPS) is 23.7. The minimum Gasteiger partial charge on any atom is -0.341 e. The number of nitrogens with zero attached hydrogens (tertiary/aromatic N) is 5. The second kappa shape index (κ2) is 8.33. The van der Waals surface area contributed by atoms with Crippen molar-refractivity contribution in [3.05, 3.63) is 17.5 Å². The largest absolute Gasteiger partial charge is 0.341 e. The fourth-order valence-corrected chi connectivity index (χ4v) is 4.34. The average Bonchev–Trinajstić information content (AvgIpc) is 3.06. The predicted octanol–water partition coefficient (Wildman–Crippen LogP) is 2.58. The summed E-state index contributed by atoms with van der Waals surface area (Å²) in [5, 5.41) is 0. The summed E-state index contributed by atoms with van der Waals surface area (Å²) in [6.45, 7) is 7.82. The molecule has 2 fully saturated rings. The van der Waals surface area contributed by atoms with Crippen molar-refractivity contribution < 1.29 is 4.79 Å². The number of aromatic nitrogens is 2. The van der Waals surface area contributed by atoms with Crippen LogP contribution in [-0.2, 0) is 0 Å². The maximum atomic E-state index is 13.1. The summed E-state index contributed by atoms with van der Waals surface area (Å²) in [5.41, 5.74) is 1.45. The first-order chi connectivity index (χ1) is 12.5. The monoisotopic (exact) mass is 359 g/mol. The number of likely N-dealkylation sites (N-methyl/N-ethyl adjacent to an activating group) is 1. The van der Waals surface area contributed by atoms with Crippen LogP contribution in [0.4, 0.5) is 5.95 Å². The topological polar surface area (TPSA) is 52.6 Å². The summed E-state index contributed by atoms with van der Waals surface area (Å²) in [5.74, 6) is 1.40. The van der Waals surface area contributed by atoms with Crippen molar-refractivity contribution in [3.8, 4) is 0 Å². The fraction of sp³-hybridized carbons (Fsp3) is 0.750. The van der Waals surface area contributed by atoms with Crippen molar-refractivity contribution >= 4 is 11.9 Å². The molecule has 0 radical (unpaired) electrons. The van der Waals surface area contributed by atoms with Crippen molar-refractivity contribution in [2.24, 2.45) is 5.92 Å². The summed E-state index contributed by atoms with van der Waals surface area (Å²) in [4.78, 5) is 28.8. The van der Waals surface area contributed by atoms with E-state index in [0.717, 1.165) is 50.7 Å². The Labute approximate surface area is 157 Å². The number of rotatable bonds is 5. The summed E-state index contributed by atoms with van der Waals surface area (Å²) in [6, 6.07) is 0.438. The minimum atomic E-state index is 0.0816. The molecule has 0 spiro atoms. The molecule has 26 heavy (non-hydrogen) atoms. The highest BCUT2D eigenvalue weighted by molar-refractivity contribution is 5.95. The molecule has 0 N–H and O–H groups in total. The molecule has 2 aliphatic heterocycles. The number of carbonyl (C=O) groups is 1. The predicted molar refractivity (Wildman–Crippen MR) is 105 cm³/mol. The molecule has 1 amide bonds. The Morgan fingerprint density at radius 1 is 1.23 bits per heavy atom. The zero-order valence-corrected chi connectivity index (χ0v) is 16.7. The Balaban J connectivity index is 1.73. The van der Waals surface area contributed by atoms with Gasteiger partial charge in [-0.3, -0.25) is 4.79 Å². The van der Waals surface area contributed by atoms with Crippen molar-refractivity contribution in [3.63, 3.8) is 0 Å². The van der Waals surface area contributed by atoms with Gasteiger partial charge in [0.25, 0.3) is 5.91 Å². The molecule has 2 saturated heterocycles. The van der Waals surface area contributed by atoms with E-state index in [2.05, 4.69) is 40.8 Å². The van der Waals surface area contributed by atoms with Gasteiger partial charge in [0.1, 0.15) is 0 Å². The van der Waals surface area contributed by atoms with Gasteiger partial charge in [0, 0.05) is 38.4 Å². The molecule has 2 atom stereocenters. The number of piperidine rings is 1. The van der Waals surface area contributed by atoms with Crippen molar-refractivity contribution in [2.75, 3.05) is 45.2 Å². The molecule has 0 aromatic carbocycles. The number of hydrogen-bond acceptors (Lipinski definition) is 5. The number of amides is 1. The van der Waals surface area contributed by atoms with E-state index >= 15 is 0 Å². The number of anilines is 1. The highest BCUT2D eigenvalue weighted by Gasteiger charge is 2.36. The summed E-state index contributed by atoms with van der Waals surface area (Å²) >= 11 is 0. The molecular formula is C20H33N5O. The van der Waals surface area contributed by atoms with Crippen LogP contribution < -0.4 is 4.90 Å². The SMILES string of the molecule is CCC[C@@H]1CN(C(=O)c2cnc(N3CCCCC3)nc2C)C[C@H]1N(C)C. The third kappa shape index (κ3) is 4.00. The van der Waals surface area contributed by atoms with Gasteiger partial charge in [-0.15, -0.1) is 0 Å². The van der Waals surface area contributed by atoms with Crippen molar-refractivity contribution in [2.45, 2.75) is 52.0 Å². The van der Waals surface area contributed by atoms with Crippen LogP contribution in [0.15, 0.2) is 6.20 Å². The molecular weight excluding hydrogens is 326 g/mol. The minimum absolute atomic E-state index is 0.0816. The van der Waals surface area contributed by atoms with Crippen LogP contribution in [0.1, 0.15) is 55.1 Å². The number of carbonyl (C=O) groups excluding carboxylic acids is 1. The first-order valence-electron chi connectivity index (χ1n) is 10.1. The molecule has 3 rings (SSSR count). The molecule has 0 bridgehead atoms. The Morgan fingerprint density at radius 2 is 1.96 bits per heavy atom. The number of likely N-dealkylation sites (tertiary alicyclic amines) is 1. The smallest absolute Gasteiger partial charge is 0.257 e.